The van der Waals surface area contributed by atoms with E-state index in [1.54, 1.807) is 36.4 Å². The van der Waals surface area contributed by atoms with Crippen LogP contribution in [0, 0.1) is 29.5 Å². The number of halogens is 2. The summed E-state index contributed by atoms with van der Waals surface area (Å²) in [7, 11) is 0. The molecule has 0 radical (unpaired) electrons. The molecule has 1 aromatic heterocycles. The summed E-state index contributed by atoms with van der Waals surface area (Å²) in [5, 5.41) is 11.5. The summed E-state index contributed by atoms with van der Waals surface area (Å²) in [4.78, 5) is 7.68. The first kappa shape index (κ1) is 38.2. The predicted molar refractivity (Wildman–Crippen MR) is 251 cm³/mol. The molecule has 0 aliphatic heterocycles. The fourth-order valence-electron chi connectivity index (χ4n) is 9.59. The number of hydrogen-bond acceptors (Lipinski definition) is 4. The van der Waals surface area contributed by atoms with Crippen LogP contribution in [0.2, 0.25) is 0 Å². The van der Waals surface area contributed by atoms with Crippen molar-refractivity contribution in [1.82, 2.24) is 0 Å². The summed E-state index contributed by atoms with van der Waals surface area (Å²) < 4.78 is 37.7. The zero-order valence-corrected chi connectivity index (χ0v) is 34.1. The summed E-state index contributed by atoms with van der Waals surface area (Å²) in [5.41, 5.74) is 11.5. The summed E-state index contributed by atoms with van der Waals surface area (Å²) in [5.74, 6) is -0.762. The van der Waals surface area contributed by atoms with Crippen molar-refractivity contribution in [1.29, 1.82) is 5.26 Å². The second-order valence-corrected chi connectivity index (χ2v) is 15.7. The van der Waals surface area contributed by atoms with Gasteiger partial charge in [-0.05, 0) is 125 Å². The summed E-state index contributed by atoms with van der Waals surface area (Å²) in [6.45, 7) is 7.61. The molecule has 64 heavy (non-hydrogen) atoms. The van der Waals surface area contributed by atoms with Crippen LogP contribution < -0.4 is 9.80 Å². The summed E-state index contributed by atoms with van der Waals surface area (Å²) in [6.07, 6.45) is 0. The zero-order valence-electron chi connectivity index (χ0n) is 34.1. The van der Waals surface area contributed by atoms with Gasteiger partial charge in [-0.3, -0.25) is 0 Å². The molecule has 1 heterocycles. The number of furan rings is 1. The van der Waals surface area contributed by atoms with E-state index in [0.29, 0.717) is 33.8 Å². The molecule has 0 spiro atoms. The van der Waals surface area contributed by atoms with Gasteiger partial charge in [0.05, 0.1) is 34.7 Å². The van der Waals surface area contributed by atoms with E-state index in [2.05, 4.69) is 89.8 Å². The number of anilines is 6. The van der Waals surface area contributed by atoms with Gasteiger partial charge < -0.3 is 14.2 Å². The lowest BCUT2D eigenvalue weighted by Gasteiger charge is -2.36. The first-order chi connectivity index (χ1) is 31.5. The van der Waals surface area contributed by atoms with Crippen LogP contribution in [-0.4, -0.2) is 0 Å². The largest absolute Gasteiger partial charge is 0.455 e. The Balaban J connectivity index is 1.29. The Morgan fingerprint density at radius 1 is 0.531 bits per heavy atom. The highest BCUT2D eigenvalue weighted by molar-refractivity contribution is 6.19. The van der Waals surface area contributed by atoms with Gasteiger partial charge in [0.25, 0.3) is 0 Å². The van der Waals surface area contributed by atoms with Crippen molar-refractivity contribution in [2.45, 2.75) is 5.41 Å². The number of nitriles is 1. The third kappa shape index (κ3) is 6.02. The Morgan fingerprint density at radius 3 is 1.72 bits per heavy atom. The quantitative estimate of drug-likeness (QED) is 0.143. The molecule has 0 amide bonds. The van der Waals surface area contributed by atoms with E-state index in [1.807, 2.05) is 76.5 Å². The summed E-state index contributed by atoms with van der Waals surface area (Å²) in [6, 6.07) is 67.4. The smallest absolute Gasteiger partial charge is 0.187 e. The van der Waals surface area contributed by atoms with Gasteiger partial charge in [-0.2, -0.15) is 5.26 Å². The lowest BCUT2D eigenvalue weighted by molar-refractivity contribution is 0.627. The van der Waals surface area contributed by atoms with Crippen LogP contribution in [0.25, 0.3) is 37.9 Å². The summed E-state index contributed by atoms with van der Waals surface area (Å²) >= 11 is 0. The Kier molecular flexibility index (Phi) is 9.12. The Morgan fingerprint density at radius 2 is 1.09 bits per heavy atom. The maximum Gasteiger partial charge on any atom is 0.187 e. The van der Waals surface area contributed by atoms with E-state index in [9.17, 15) is 5.26 Å². The average Bonchev–Trinajstić information content (AvgIpc) is 3.87. The van der Waals surface area contributed by atoms with Gasteiger partial charge in [0.1, 0.15) is 22.8 Å². The molecule has 0 saturated carbocycles. The molecule has 11 rings (SSSR count). The molecule has 9 aromatic carbocycles. The molecule has 5 nitrogen and oxygen atoms in total. The van der Waals surface area contributed by atoms with Crippen LogP contribution >= 0.6 is 0 Å². The Labute approximate surface area is 368 Å². The number of benzene rings is 9. The Hall–Kier alpha value is -8.78. The van der Waals surface area contributed by atoms with Crippen molar-refractivity contribution in [3.63, 3.8) is 0 Å². The molecule has 7 heteroatoms. The molecule has 0 bridgehead atoms. The fourth-order valence-corrected chi connectivity index (χ4v) is 9.59. The molecule has 0 saturated heterocycles. The molecule has 1 aliphatic carbocycles. The first-order valence-corrected chi connectivity index (χ1v) is 20.8. The highest BCUT2D eigenvalue weighted by atomic mass is 19.1. The molecular weight excluding hydrogens is 795 g/mol. The highest BCUT2D eigenvalue weighted by Gasteiger charge is 2.49. The predicted octanol–water partition coefficient (Wildman–Crippen LogP) is 15.6. The van der Waals surface area contributed by atoms with Crippen molar-refractivity contribution >= 4 is 61.8 Å². The lowest BCUT2D eigenvalue weighted by atomic mass is 9.67. The minimum atomic E-state index is -0.953. The third-order valence-electron chi connectivity index (χ3n) is 12.2. The minimum Gasteiger partial charge on any atom is -0.455 e. The lowest BCUT2D eigenvalue weighted by Crippen LogP contribution is -2.29. The topological polar surface area (TPSA) is 47.8 Å². The van der Waals surface area contributed by atoms with Crippen LogP contribution in [0.5, 0.6) is 0 Å². The number of para-hydroxylation sites is 1. The number of nitrogens with zero attached hydrogens (tertiary/aromatic N) is 4. The van der Waals surface area contributed by atoms with Gasteiger partial charge in [-0.15, -0.1) is 0 Å². The van der Waals surface area contributed by atoms with Crippen LogP contribution in [0.4, 0.5) is 48.6 Å². The molecule has 1 aliphatic rings. The van der Waals surface area contributed by atoms with Crippen molar-refractivity contribution in [2.75, 3.05) is 9.80 Å². The molecular formula is C57H34F2N4O. The van der Waals surface area contributed by atoms with Gasteiger partial charge in [-0.25, -0.2) is 13.6 Å². The van der Waals surface area contributed by atoms with Crippen molar-refractivity contribution < 1.29 is 13.2 Å². The maximum absolute atomic E-state index is 15.4. The second-order valence-electron chi connectivity index (χ2n) is 15.7. The molecule has 0 fully saturated rings. The van der Waals surface area contributed by atoms with E-state index in [4.69, 9.17) is 11.0 Å². The third-order valence-corrected chi connectivity index (χ3v) is 12.2. The molecule has 302 valence electrons. The van der Waals surface area contributed by atoms with Gasteiger partial charge >= 0.3 is 0 Å². The maximum atomic E-state index is 15.4. The minimum absolute atomic E-state index is 0.373. The van der Waals surface area contributed by atoms with Crippen molar-refractivity contribution in [3.8, 4) is 17.2 Å². The van der Waals surface area contributed by atoms with Gasteiger partial charge in [0.2, 0.25) is 0 Å². The first-order valence-electron chi connectivity index (χ1n) is 20.8. The van der Waals surface area contributed by atoms with Crippen molar-refractivity contribution in [3.05, 3.63) is 257 Å². The monoisotopic (exact) mass is 828 g/mol. The second kappa shape index (κ2) is 15.3. The van der Waals surface area contributed by atoms with Crippen LogP contribution in [-0.2, 0) is 5.41 Å². The van der Waals surface area contributed by atoms with E-state index in [1.165, 1.54) is 24.3 Å². The van der Waals surface area contributed by atoms with Crippen molar-refractivity contribution in [2.24, 2.45) is 0 Å². The molecule has 0 atom stereocenters. The molecule has 10 aromatic rings. The van der Waals surface area contributed by atoms with Gasteiger partial charge in [-0.1, -0.05) is 109 Å². The van der Waals surface area contributed by atoms with E-state index < -0.39 is 5.41 Å². The van der Waals surface area contributed by atoms with E-state index in [0.717, 1.165) is 66.9 Å². The van der Waals surface area contributed by atoms with Crippen LogP contribution in [0.1, 0.15) is 27.8 Å². The fraction of sp³-hybridized carbons (Fsp3) is 0.0175. The van der Waals surface area contributed by atoms with Crippen LogP contribution in [0.15, 0.2) is 211 Å². The average molecular weight is 829 g/mol. The molecule has 0 unspecified atom stereocenters. The van der Waals surface area contributed by atoms with Gasteiger partial charge in [0, 0.05) is 39.4 Å². The Bertz CT molecular complexity index is 3460. The van der Waals surface area contributed by atoms with E-state index in [-0.39, 0.29) is 11.6 Å². The molecule has 0 N–H and O–H groups in total. The number of fused-ring (bicyclic) bond motifs is 7. The number of rotatable bonds is 8. The van der Waals surface area contributed by atoms with Gasteiger partial charge in [0.15, 0.2) is 5.69 Å². The van der Waals surface area contributed by atoms with E-state index >= 15 is 8.78 Å². The normalized spacial score (nSPS) is 12.3. The number of hydrogen-bond donors (Lipinski definition) is 0. The SMILES string of the molecule is [C-]#[N+]c1ccc(N(c2cccc(F)c2)c2ccc3c(c2)C(c2ccccc2)(c2ccccc2)c2cc(N(c4ccc(C#N)cc4)c4cccc(F)c4)c4c(oc5ccccc54)c2-3)cc1. The standard InChI is InChI=1S/C57H34F2N4O/c1-61-42-24-28-43(29-25-42)62(45-18-10-16-40(58)32-45)47-30-31-48-50(34-47)57(38-12-4-2-5-13-38,39-14-6-3-7-15-39)51-35-52(55-49-20-8-9-21-53(49)64-56(55)54(48)51)63(46-19-11-17-41(59)33-46)44-26-22-37(36-60)23-27-44/h2-35H. The van der Waals surface area contributed by atoms with Crippen LogP contribution in [0.3, 0.4) is 0 Å². The highest BCUT2D eigenvalue weighted by Crippen LogP contribution is 2.61. The zero-order chi connectivity index (χ0) is 43.4.